The van der Waals surface area contributed by atoms with Gasteiger partial charge in [0, 0.05) is 6.54 Å². The largest absolute Gasteiger partial charge is 0.481 e. The van der Waals surface area contributed by atoms with Gasteiger partial charge in [0.25, 0.3) is 0 Å². The van der Waals surface area contributed by atoms with Crippen molar-refractivity contribution in [3.63, 3.8) is 0 Å². The third kappa shape index (κ3) is 2.48. The summed E-state index contributed by atoms with van der Waals surface area (Å²) in [5.74, 6) is -1.79. The van der Waals surface area contributed by atoms with E-state index in [1.54, 1.807) is 0 Å². The van der Waals surface area contributed by atoms with E-state index in [-0.39, 0.29) is 11.8 Å². The molecule has 2 aliphatic rings. The number of aryl methyl sites for hydroxylation is 2. The van der Waals surface area contributed by atoms with Crippen molar-refractivity contribution >= 4 is 11.9 Å². The standard InChI is InChI=1S/C15H17NO3/c17-14(12-7-13(12)15(18)19)16-8-9-4-5-10-2-1-3-11(10)6-9/h4-6,12-13H,1-3,7-8H2,(H,16,17)(H,18,19)/t12-,13-/m0/s1. The summed E-state index contributed by atoms with van der Waals surface area (Å²) in [6, 6.07) is 6.34. The van der Waals surface area contributed by atoms with Crippen LogP contribution in [0.3, 0.4) is 0 Å². The highest BCUT2D eigenvalue weighted by molar-refractivity contribution is 5.89. The van der Waals surface area contributed by atoms with Crippen molar-refractivity contribution < 1.29 is 14.7 Å². The van der Waals surface area contributed by atoms with Crippen LogP contribution in [-0.2, 0) is 29.0 Å². The molecule has 0 saturated heterocycles. The number of carbonyl (C=O) groups is 2. The molecule has 1 fully saturated rings. The van der Waals surface area contributed by atoms with Crippen LogP contribution in [0.2, 0.25) is 0 Å². The van der Waals surface area contributed by atoms with Crippen molar-refractivity contribution in [1.29, 1.82) is 0 Å². The molecule has 0 unspecified atom stereocenters. The van der Waals surface area contributed by atoms with Gasteiger partial charge in [0.1, 0.15) is 0 Å². The first kappa shape index (κ1) is 12.2. The Morgan fingerprint density at radius 3 is 2.74 bits per heavy atom. The van der Waals surface area contributed by atoms with Crippen LogP contribution in [0.15, 0.2) is 18.2 Å². The van der Waals surface area contributed by atoms with Crippen LogP contribution in [0.5, 0.6) is 0 Å². The van der Waals surface area contributed by atoms with E-state index in [1.807, 2.05) is 6.07 Å². The monoisotopic (exact) mass is 259 g/mol. The molecule has 1 saturated carbocycles. The molecule has 0 aliphatic heterocycles. The van der Waals surface area contributed by atoms with Crippen LogP contribution in [-0.4, -0.2) is 17.0 Å². The van der Waals surface area contributed by atoms with Crippen molar-refractivity contribution in [2.75, 3.05) is 0 Å². The summed E-state index contributed by atoms with van der Waals surface area (Å²) in [6.45, 7) is 0.495. The lowest BCUT2D eigenvalue weighted by Gasteiger charge is -2.07. The lowest BCUT2D eigenvalue weighted by Crippen LogP contribution is -2.25. The number of carboxylic acids is 1. The van der Waals surface area contributed by atoms with Gasteiger partial charge in [-0.15, -0.1) is 0 Å². The molecule has 0 spiro atoms. The highest BCUT2D eigenvalue weighted by atomic mass is 16.4. The van der Waals surface area contributed by atoms with Gasteiger partial charge in [-0.1, -0.05) is 18.2 Å². The number of rotatable bonds is 4. The predicted octanol–water partition coefficient (Wildman–Crippen LogP) is 1.51. The molecule has 1 amide bonds. The molecule has 0 aromatic heterocycles. The van der Waals surface area contributed by atoms with Crippen LogP contribution in [0, 0.1) is 11.8 Å². The van der Waals surface area contributed by atoms with Gasteiger partial charge in [0.15, 0.2) is 0 Å². The van der Waals surface area contributed by atoms with E-state index in [9.17, 15) is 9.59 Å². The molecule has 1 aromatic rings. The van der Waals surface area contributed by atoms with Crippen molar-refractivity contribution in [2.24, 2.45) is 11.8 Å². The number of amides is 1. The number of hydrogen-bond acceptors (Lipinski definition) is 2. The first-order chi connectivity index (χ1) is 9.15. The Morgan fingerprint density at radius 2 is 2.00 bits per heavy atom. The zero-order valence-corrected chi connectivity index (χ0v) is 10.7. The fourth-order valence-electron chi connectivity index (χ4n) is 2.81. The second-order valence-corrected chi connectivity index (χ2v) is 5.46. The minimum absolute atomic E-state index is 0.132. The highest BCUT2D eigenvalue weighted by Gasteiger charge is 2.48. The number of nitrogens with one attached hydrogen (secondary N) is 1. The van der Waals surface area contributed by atoms with Crippen molar-refractivity contribution in [1.82, 2.24) is 5.32 Å². The summed E-state index contributed by atoms with van der Waals surface area (Å²) >= 11 is 0. The van der Waals surface area contributed by atoms with E-state index >= 15 is 0 Å². The Labute approximate surface area is 111 Å². The molecule has 0 bridgehead atoms. The fraction of sp³-hybridized carbons (Fsp3) is 0.467. The van der Waals surface area contributed by atoms with Gasteiger partial charge in [0.2, 0.25) is 5.91 Å². The SMILES string of the molecule is O=C(O)[C@H]1C[C@@H]1C(=O)NCc1ccc2c(c1)CCC2. The average molecular weight is 259 g/mol. The normalized spacial score (nSPS) is 23.8. The number of fused-ring (bicyclic) bond motifs is 1. The Balaban J connectivity index is 1.55. The van der Waals surface area contributed by atoms with Gasteiger partial charge >= 0.3 is 5.97 Å². The topological polar surface area (TPSA) is 66.4 Å². The molecular weight excluding hydrogens is 242 g/mol. The second kappa shape index (κ2) is 4.68. The number of aliphatic carboxylic acids is 1. The van der Waals surface area contributed by atoms with Gasteiger partial charge in [-0.05, 0) is 42.4 Å². The smallest absolute Gasteiger partial charge is 0.307 e. The quantitative estimate of drug-likeness (QED) is 0.861. The second-order valence-electron chi connectivity index (χ2n) is 5.46. The van der Waals surface area contributed by atoms with Crippen molar-refractivity contribution in [3.05, 3.63) is 34.9 Å². The Bertz CT molecular complexity index is 538. The van der Waals surface area contributed by atoms with Crippen LogP contribution in [0.4, 0.5) is 0 Å². The molecule has 2 aliphatic carbocycles. The molecule has 0 heterocycles. The molecule has 4 heteroatoms. The van der Waals surface area contributed by atoms with Crippen LogP contribution in [0.25, 0.3) is 0 Å². The minimum Gasteiger partial charge on any atom is -0.481 e. The van der Waals surface area contributed by atoms with E-state index in [0.29, 0.717) is 13.0 Å². The third-order valence-electron chi connectivity index (χ3n) is 4.07. The van der Waals surface area contributed by atoms with Crippen molar-refractivity contribution in [2.45, 2.75) is 32.2 Å². The molecule has 4 nitrogen and oxygen atoms in total. The van der Waals surface area contributed by atoms with E-state index < -0.39 is 11.9 Å². The number of hydrogen-bond donors (Lipinski definition) is 2. The number of carbonyl (C=O) groups excluding carboxylic acids is 1. The van der Waals surface area contributed by atoms with E-state index in [2.05, 4.69) is 17.4 Å². The molecule has 2 atom stereocenters. The summed E-state index contributed by atoms with van der Waals surface area (Å²) in [6.07, 6.45) is 3.98. The summed E-state index contributed by atoms with van der Waals surface area (Å²) in [5, 5.41) is 11.6. The first-order valence-electron chi connectivity index (χ1n) is 6.76. The van der Waals surface area contributed by atoms with E-state index in [4.69, 9.17) is 5.11 Å². The Kier molecular flexibility index (Phi) is 3.01. The zero-order chi connectivity index (χ0) is 13.4. The summed E-state index contributed by atoms with van der Waals surface area (Å²) in [7, 11) is 0. The number of carboxylic acid groups (broad SMARTS) is 1. The average Bonchev–Trinajstić information content (AvgIpc) is 3.07. The van der Waals surface area contributed by atoms with Crippen LogP contribution in [0.1, 0.15) is 29.5 Å². The Morgan fingerprint density at radius 1 is 1.21 bits per heavy atom. The van der Waals surface area contributed by atoms with Crippen LogP contribution >= 0.6 is 0 Å². The first-order valence-corrected chi connectivity index (χ1v) is 6.76. The lowest BCUT2D eigenvalue weighted by atomic mass is 10.1. The van der Waals surface area contributed by atoms with Crippen molar-refractivity contribution in [3.8, 4) is 0 Å². The molecule has 100 valence electrons. The molecular formula is C15H17NO3. The minimum atomic E-state index is -0.863. The van der Waals surface area contributed by atoms with Gasteiger partial charge in [0.05, 0.1) is 11.8 Å². The zero-order valence-electron chi connectivity index (χ0n) is 10.7. The van der Waals surface area contributed by atoms with Gasteiger partial charge in [-0.3, -0.25) is 9.59 Å². The molecule has 19 heavy (non-hydrogen) atoms. The number of benzene rings is 1. The molecule has 0 radical (unpaired) electrons. The lowest BCUT2D eigenvalue weighted by molar-refractivity contribution is -0.140. The van der Waals surface area contributed by atoms with E-state index in [0.717, 1.165) is 18.4 Å². The highest BCUT2D eigenvalue weighted by Crippen LogP contribution is 2.38. The van der Waals surface area contributed by atoms with Crippen LogP contribution < -0.4 is 5.32 Å². The fourth-order valence-corrected chi connectivity index (χ4v) is 2.81. The summed E-state index contributed by atoms with van der Waals surface area (Å²) < 4.78 is 0. The Hall–Kier alpha value is -1.84. The molecule has 3 rings (SSSR count). The summed E-state index contributed by atoms with van der Waals surface area (Å²) in [5.41, 5.74) is 3.91. The summed E-state index contributed by atoms with van der Waals surface area (Å²) in [4.78, 5) is 22.5. The van der Waals surface area contributed by atoms with Gasteiger partial charge in [-0.2, -0.15) is 0 Å². The van der Waals surface area contributed by atoms with E-state index in [1.165, 1.54) is 17.5 Å². The third-order valence-corrected chi connectivity index (χ3v) is 4.07. The maximum absolute atomic E-state index is 11.8. The van der Waals surface area contributed by atoms with Gasteiger partial charge in [-0.25, -0.2) is 0 Å². The molecule has 1 aromatic carbocycles. The maximum atomic E-state index is 11.8. The predicted molar refractivity (Wildman–Crippen MR) is 69.5 cm³/mol. The van der Waals surface area contributed by atoms with Gasteiger partial charge < -0.3 is 10.4 Å². The maximum Gasteiger partial charge on any atom is 0.307 e. The molecule has 2 N–H and O–H groups in total.